The summed E-state index contributed by atoms with van der Waals surface area (Å²) in [7, 11) is 2.92. The zero-order chi connectivity index (χ0) is 16.6. The average molecular weight is 376 g/mol. The molecular formula is C17H14BrNO4. The molecular weight excluding hydrogens is 362 g/mol. The van der Waals surface area contributed by atoms with Gasteiger partial charge in [-0.3, -0.25) is 4.79 Å². The Labute approximate surface area is 141 Å². The van der Waals surface area contributed by atoms with Crippen LogP contribution in [-0.2, 0) is 4.79 Å². The number of rotatable bonds is 3. The Bertz CT molecular complexity index is 804. The van der Waals surface area contributed by atoms with Gasteiger partial charge in [-0.05, 0) is 42.0 Å². The van der Waals surface area contributed by atoms with E-state index in [0.717, 1.165) is 15.7 Å². The summed E-state index contributed by atoms with van der Waals surface area (Å²) < 4.78 is 11.2. The van der Waals surface area contributed by atoms with Crippen molar-refractivity contribution in [1.82, 2.24) is 0 Å². The molecule has 1 aliphatic heterocycles. The molecule has 118 valence electrons. The number of nitrogens with one attached hydrogen (secondary N) is 1. The van der Waals surface area contributed by atoms with Crippen LogP contribution >= 0.6 is 15.9 Å². The number of benzene rings is 2. The maximum absolute atomic E-state index is 12.2. The zero-order valence-electron chi connectivity index (χ0n) is 12.5. The van der Waals surface area contributed by atoms with Gasteiger partial charge < -0.3 is 19.9 Å². The number of methoxy groups -OCH3 is 2. The van der Waals surface area contributed by atoms with E-state index in [9.17, 15) is 9.90 Å². The fraction of sp³-hybridized carbons (Fsp3) is 0.118. The second kappa shape index (κ2) is 5.96. The van der Waals surface area contributed by atoms with Crippen molar-refractivity contribution in [2.24, 2.45) is 0 Å². The maximum atomic E-state index is 12.2. The Morgan fingerprint density at radius 3 is 2.39 bits per heavy atom. The first-order valence-corrected chi connectivity index (χ1v) is 7.60. The largest absolute Gasteiger partial charge is 0.502 e. The lowest BCUT2D eigenvalue weighted by Gasteiger charge is -2.10. The summed E-state index contributed by atoms with van der Waals surface area (Å²) in [5.74, 6) is 0.313. The Kier molecular flexibility index (Phi) is 4.00. The number of carbonyl (C=O) groups excluding carboxylic acids is 1. The molecule has 2 aromatic carbocycles. The molecule has 0 saturated carbocycles. The number of phenols is 1. The van der Waals surface area contributed by atoms with Crippen LogP contribution in [0.5, 0.6) is 17.2 Å². The smallest absolute Gasteiger partial charge is 0.256 e. The van der Waals surface area contributed by atoms with E-state index >= 15 is 0 Å². The fourth-order valence-corrected chi connectivity index (χ4v) is 2.83. The molecule has 0 bridgehead atoms. The first-order chi connectivity index (χ1) is 11.0. The van der Waals surface area contributed by atoms with Crippen LogP contribution in [0.15, 0.2) is 34.8 Å². The lowest BCUT2D eigenvalue weighted by Crippen LogP contribution is -2.03. The normalized spacial score (nSPS) is 14.6. The highest BCUT2D eigenvalue weighted by molar-refractivity contribution is 9.10. The first-order valence-electron chi connectivity index (χ1n) is 6.81. The number of carbonyl (C=O) groups is 1. The number of ether oxygens (including phenoxy) is 2. The molecule has 23 heavy (non-hydrogen) atoms. The minimum Gasteiger partial charge on any atom is -0.502 e. The minimum atomic E-state index is -0.177. The summed E-state index contributed by atoms with van der Waals surface area (Å²) >= 11 is 3.41. The predicted molar refractivity (Wildman–Crippen MR) is 91.9 cm³/mol. The molecule has 0 aromatic heterocycles. The van der Waals surface area contributed by atoms with E-state index in [-0.39, 0.29) is 23.2 Å². The molecule has 0 aliphatic carbocycles. The zero-order valence-corrected chi connectivity index (χ0v) is 14.1. The van der Waals surface area contributed by atoms with Crippen LogP contribution in [0.3, 0.4) is 0 Å². The average Bonchev–Trinajstić information content (AvgIpc) is 2.84. The van der Waals surface area contributed by atoms with E-state index in [2.05, 4.69) is 21.2 Å². The number of amides is 1. The van der Waals surface area contributed by atoms with Crippen LogP contribution in [0.2, 0.25) is 0 Å². The second-order valence-corrected chi connectivity index (χ2v) is 5.89. The molecule has 0 spiro atoms. The van der Waals surface area contributed by atoms with E-state index in [4.69, 9.17) is 9.47 Å². The Hall–Kier alpha value is -2.47. The van der Waals surface area contributed by atoms with Crippen molar-refractivity contribution in [3.63, 3.8) is 0 Å². The Morgan fingerprint density at radius 2 is 1.78 bits per heavy atom. The molecule has 1 amide bonds. The molecule has 0 saturated heterocycles. The fourth-order valence-electron chi connectivity index (χ4n) is 2.47. The molecule has 0 radical (unpaired) electrons. The third-order valence-electron chi connectivity index (χ3n) is 3.58. The van der Waals surface area contributed by atoms with Gasteiger partial charge in [0.1, 0.15) is 0 Å². The minimum absolute atomic E-state index is 0.0730. The van der Waals surface area contributed by atoms with Crippen LogP contribution in [0.25, 0.3) is 11.6 Å². The molecule has 5 nitrogen and oxygen atoms in total. The van der Waals surface area contributed by atoms with Crippen LogP contribution < -0.4 is 14.8 Å². The molecule has 2 aromatic rings. The van der Waals surface area contributed by atoms with Gasteiger partial charge in [0, 0.05) is 21.3 Å². The van der Waals surface area contributed by atoms with E-state index < -0.39 is 0 Å². The monoisotopic (exact) mass is 375 g/mol. The Morgan fingerprint density at radius 1 is 1.13 bits per heavy atom. The number of hydrogen-bond acceptors (Lipinski definition) is 4. The van der Waals surface area contributed by atoms with Crippen molar-refractivity contribution >= 4 is 39.2 Å². The van der Waals surface area contributed by atoms with Gasteiger partial charge in [-0.1, -0.05) is 15.9 Å². The van der Waals surface area contributed by atoms with E-state index in [1.165, 1.54) is 14.2 Å². The van der Waals surface area contributed by atoms with Crippen molar-refractivity contribution in [3.05, 3.63) is 45.9 Å². The molecule has 1 aliphatic rings. The summed E-state index contributed by atoms with van der Waals surface area (Å²) in [6, 6.07) is 8.89. The highest BCUT2D eigenvalue weighted by Gasteiger charge is 2.24. The quantitative estimate of drug-likeness (QED) is 0.803. The van der Waals surface area contributed by atoms with Crippen LogP contribution in [0.1, 0.15) is 11.1 Å². The van der Waals surface area contributed by atoms with Crippen LogP contribution in [-0.4, -0.2) is 25.2 Å². The third kappa shape index (κ3) is 2.77. The summed E-state index contributed by atoms with van der Waals surface area (Å²) in [5.41, 5.74) is 2.81. The maximum Gasteiger partial charge on any atom is 0.256 e. The van der Waals surface area contributed by atoms with Crippen molar-refractivity contribution in [2.45, 2.75) is 0 Å². The molecule has 1 heterocycles. The van der Waals surface area contributed by atoms with Gasteiger partial charge >= 0.3 is 0 Å². The van der Waals surface area contributed by atoms with Gasteiger partial charge in [0.2, 0.25) is 5.75 Å². The van der Waals surface area contributed by atoms with Gasteiger partial charge in [0.05, 0.1) is 14.2 Å². The lowest BCUT2D eigenvalue weighted by atomic mass is 10.0. The second-order valence-electron chi connectivity index (χ2n) is 4.98. The summed E-state index contributed by atoms with van der Waals surface area (Å²) in [6.45, 7) is 0. The predicted octanol–water partition coefficient (Wildman–Crippen LogP) is 3.66. The number of anilines is 1. The van der Waals surface area contributed by atoms with Crippen LogP contribution in [0, 0.1) is 0 Å². The molecule has 6 heteroatoms. The van der Waals surface area contributed by atoms with Crippen molar-refractivity contribution < 1.29 is 19.4 Å². The summed E-state index contributed by atoms with van der Waals surface area (Å²) in [6.07, 6.45) is 1.73. The molecule has 0 atom stereocenters. The molecule has 0 unspecified atom stereocenters. The number of fused-ring (bicyclic) bond motifs is 1. The van der Waals surface area contributed by atoms with Crippen molar-refractivity contribution in [2.75, 3.05) is 19.5 Å². The highest BCUT2D eigenvalue weighted by Crippen LogP contribution is 2.40. The number of aromatic hydroxyl groups is 1. The van der Waals surface area contributed by atoms with Crippen LogP contribution in [0.4, 0.5) is 5.69 Å². The van der Waals surface area contributed by atoms with Gasteiger partial charge in [0.15, 0.2) is 11.5 Å². The third-order valence-corrected chi connectivity index (χ3v) is 4.07. The van der Waals surface area contributed by atoms with Gasteiger partial charge in [0.25, 0.3) is 5.91 Å². The standard InChI is InChI=1S/C17H14BrNO4/c1-22-14-6-9(7-15(23-2)16(14)20)5-12-11-8-10(18)3-4-13(11)19-17(12)21/h3-8,20H,1-2H3,(H,19,21). The topological polar surface area (TPSA) is 67.8 Å². The van der Waals surface area contributed by atoms with Gasteiger partial charge in [-0.2, -0.15) is 0 Å². The SMILES string of the molecule is COc1cc(C=C2C(=O)Nc3ccc(Br)cc32)cc(OC)c1O. The van der Waals surface area contributed by atoms with Crippen molar-refractivity contribution in [3.8, 4) is 17.2 Å². The number of phenolic OH excluding ortho intramolecular Hbond substituents is 1. The Balaban J connectivity index is 2.13. The van der Waals surface area contributed by atoms with Crippen molar-refractivity contribution in [1.29, 1.82) is 0 Å². The highest BCUT2D eigenvalue weighted by atomic mass is 79.9. The summed E-state index contributed by atoms with van der Waals surface area (Å²) in [4.78, 5) is 12.2. The van der Waals surface area contributed by atoms with Gasteiger partial charge in [-0.25, -0.2) is 0 Å². The van der Waals surface area contributed by atoms with Gasteiger partial charge in [-0.15, -0.1) is 0 Å². The number of hydrogen-bond donors (Lipinski definition) is 2. The number of halogens is 1. The van der Waals surface area contributed by atoms with E-state index in [1.807, 2.05) is 18.2 Å². The first kappa shape index (κ1) is 15.4. The summed E-state index contributed by atoms with van der Waals surface area (Å²) in [5, 5.41) is 12.8. The lowest BCUT2D eigenvalue weighted by molar-refractivity contribution is -0.110. The molecule has 0 fully saturated rings. The van der Waals surface area contributed by atoms with E-state index in [1.54, 1.807) is 18.2 Å². The molecule has 2 N–H and O–H groups in total. The van der Waals surface area contributed by atoms with E-state index in [0.29, 0.717) is 11.1 Å². The molecule has 3 rings (SSSR count).